The smallest absolute Gasteiger partial charge is 0.277 e. The molecule has 0 unspecified atom stereocenters. The molecular formula is C11H7F3N2O2. The van der Waals surface area contributed by atoms with Gasteiger partial charge in [0.05, 0.1) is 5.69 Å². The first-order valence-corrected chi connectivity index (χ1v) is 4.87. The Balaban J connectivity index is 2.25. The second-order valence-corrected chi connectivity index (χ2v) is 3.50. The van der Waals surface area contributed by atoms with Crippen molar-refractivity contribution in [1.82, 2.24) is 5.16 Å². The van der Waals surface area contributed by atoms with Crippen LogP contribution >= 0.6 is 0 Å². The van der Waals surface area contributed by atoms with Crippen LogP contribution in [0.4, 0.5) is 18.9 Å². The fourth-order valence-corrected chi connectivity index (χ4v) is 1.28. The zero-order valence-electron chi connectivity index (χ0n) is 9.13. The Bertz CT molecular complexity index is 610. The lowest BCUT2D eigenvalue weighted by atomic mass is 10.2. The molecule has 0 aliphatic heterocycles. The molecule has 0 saturated carbocycles. The highest BCUT2D eigenvalue weighted by Crippen LogP contribution is 2.20. The summed E-state index contributed by atoms with van der Waals surface area (Å²) in [5, 5.41) is 5.47. The monoisotopic (exact) mass is 256 g/mol. The number of hydrogen-bond acceptors (Lipinski definition) is 3. The van der Waals surface area contributed by atoms with Gasteiger partial charge in [0.25, 0.3) is 5.91 Å². The number of aryl methyl sites for hydroxylation is 1. The fourth-order valence-electron chi connectivity index (χ4n) is 1.28. The number of nitrogens with one attached hydrogen (secondary N) is 1. The summed E-state index contributed by atoms with van der Waals surface area (Å²) < 4.78 is 43.5. The van der Waals surface area contributed by atoms with Gasteiger partial charge in [-0.15, -0.1) is 0 Å². The largest absolute Gasteiger partial charge is 0.361 e. The lowest BCUT2D eigenvalue weighted by molar-refractivity contribution is 0.101. The molecule has 2 rings (SSSR count). The van der Waals surface area contributed by atoms with E-state index in [0.29, 0.717) is 11.8 Å². The van der Waals surface area contributed by atoms with E-state index in [4.69, 9.17) is 0 Å². The Morgan fingerprint density at radius 3 is 2.61 bits per heavy atom. The van der Waals surface area contributed by atoms with Gasteiger partial charge in [0.2, 0.25) is 0 Å². The van der Waals surface area contributed by atoms with Gasteiger partial charge in [0, 0.05) is 6.07 Å². The number of amides is 1. The molecule has 0 fully saturated rings. The van der Waals surface area contributed by atoms with Gasteiger partial charge in [-0.05, 0) is 19.1 Å². The van der Waals surface area contributed by atoms with Crippen molar-refractivity contribution < 1.29 is 22.5 Å². The molecule has 0 bridgehead atoms. The van der Waals surface area contributed by atoms with Crippen LogP contribution in [0.2, 0.25) is 0 Å². The molecule has 2 aromatic rings. The second kappa shape index (κ2) is 4.52. The molecule has 1 heterocycles. The predicted octanol–water partition coefficient (Wildman–Crippen LogP) is 2.65. The molecule has 4 nitrogen and oxygen atoms in total. The minimum atomic E-state index is -1.65. The zero-order valence-corrected chi connectivity index (χ0v) is 9.13. The highest BCUT2D eigenvalue weighted by atomic mass is 19.2. The maximum Gasteiger partial charge on any atom is 0.277 e. The molecular weight excluding hydrogens is 249 g/mol. The lowest BCUT2D eigenvalue weighted by Crippen LogP contribution is -2.14. The van der Waals surface area contributed by atoms with E-state index in [1.807, 2.05) is 0 Å². The van der Waals surface area contributed by atoms with Crippen LogP contribution in [-0.4, -0.2) is 11.1 Å². The standard InChI is InChI=1S/C11H7F3N2O2/c1-5-4-8(16-18-5)11(17)15-7-3-2-6(12)9(13)10(7)14/h2-4H,1H3,(H,15,17). The Kier molecular flexibility index (Phi) is 3.05. The number of carbonyl (C=O) groups excluding carboxylic acids is 1. The van der Waals surface area contributed by atoms with E-state index in [1.165, 1.54) is 6.07 Å². The Labute approximate surface area is 99.4 Å². The second-order valence-electron chi connectivity index (χ2n) is 3.50. The van der Waals surface area contributed by atoms with Crippen molar-refractivity contribution in [1.29, 1.82) is 0 Å². The third-order valence-corrected chi connectivity index (χ3v) is 2.14. The Morgan fingerprint density at radius 2 is 2.00 bits per heavy atom. The van der Waals surface area contributed by atoms with Crippen LogP contribution in [-0.2, 0) is 0 Å². The van der Waals surface area contributed by atoms with Crippen LogP contribution in [0.15, 0.2) is 22.7 Å². The number of hydrogen-bond donors (Lipinski definition) is 1. The SMILES string of the molecule is Cc1cc(C(=O)Nc2ccc(F)c(F)c2F)no1. The number of nitrogens with zero attached hydrogens (tertiary/aromatic N) is 1. The molecule has 0 atom stereocenters. The molecule has 1 aromatic heterocycles. The Hall–Kier alpha value is -2.31. The lowest BCUT2D eigenvalue weighted by Gasteiger charge is -2.05. The summed E-state index contributed by atoms with van der Waals surface area (Å²) in [6.07, 6.45) is 0. The molecule has 0 saturated heterocycles. The van der Waals surface area contributed by atoms with Gasteiger partial charge in [-0.3, -0.25) is 4.79 Å². The maximum absolute atomic E-state index is 13.3. The highest BCUT2D eigenvalue weighted by Gasteiger charge is 2.17. The number of rotatable bonds is 2. The number of carbonyl (C=O) groups is 1. The van der Waals surface area contributed by atoms with Crippen molar-refractivity contribution in [3.63, 3.8) is 0 Å². The number of anilines is 1. The van der Waals surface area contributed by atoms with Gasteiger partial charge in [-0.2, -0.15) is 0 Å². The summed E-state index contributed by atoms with van der Waals surface area (Å²) in [6.45, 7) is 1.57. The third kappa shape index (κ3) is 2.20. The van der Waals surface area contributed by atoms with E-state index in [-0.39, 0.29) is 5.69 Å². The first-order valence-electron chi connectivity index (χ1n) is 4.87. The van der Waals surface area contributed by atoms with Crippen LogP contribution in [0.3, 0.4) is 0 Å². The molecule has 0 spiro atoms. The predicted molar refractivity (Wildman–Crippen MR) is 55.5 cm³/mol. The van der Waals surface area contributed by atoms with Crippen molar-refractivity contribution in [2.45, 2.75) is 6.92 Å². The summed E-state index contributed by atoms with van der Waals surface area (Å²) in [7, 11) is 0. The summed E-state index contributed by atoms with van der Waals surface area (Å²) >= 11 is 0. The third-order valence-electron chi connectivity index (χ3n) is 2.14. The zero-order chi connectivity index (χ0) is 13.3. The minimum absolute atomic E-state index is 0.0865. The summed E-state index contributed by atoms with van der Waals surface area (Å²) in [5.41, 5.74) is -0.559. The Morgan fingerprint density at radius 1 is 1.28 bits per heavy atom. The maximum atomic E-state index is 13.3. The highest BCUT2D eigenvalue weighted by molar-refractivity contribution is 6.02. The van der Waals surface area contributed by atoms with Gasteiger partial charge in [0.1, 0.15) is 5.76 Å². The van der Waals surface area contributed by atoms with E-state index < -0.39 is 29.0 Å². The van der Waals surface area contributed by atoms with Gasteiger partial charge < -0.3 is 9.84 Å². The van der Waals surface area contributed by atoms with Crippen molar-refractivity contribution in [2.75, 3.05) is 5.32 Å². The molecule has 0 aliphatic carbocycles. The normalized spacial score (nSPS) is 10.4. The van der Waals surface area contributed by atoms with Crippen LogP contribution in [0.5, 0.6) is 0 Å². The van der Waals surface area contributed by atoms with Crippen molar-refractivity contribution in [3.8, 4) is 0 Å². The van der Waals surface area contributed by atoms with Crippen molar-refractivity contribution >= 4 is 11.6 Å². The van der Waals surface area contributed by atoms with Crippen molar-refractivity contribution in [3.05, 3.63) is 47.1 Å². The molecule has 0 radical (unpaired) electrons. The topological polar surface area (TPSA) is 55.1 Å². The van der Waals surface area contributed by atoms with Crippen LogP contribution in [0, 0.1) is 24.4 Å². The van der Waals surface area contributed by atoms with Gasteiger partial charge in [-0.1, -0.05) is 5.16 Å². The molecule has 0 aliphatic rings. The number of halogens is 3. The average Bonchev–Trinajstić information content (AvgIpc) is 2.77. The summed E-state index contributed by atoms with van der Waals surface area (Å²) in [5.74, 6) is -4.84. The molecule has 1 amide bonds. The minimum Gasteiger partial charge on any atom is -0.361 e. The van der Waals surface area contributed by atoms with Crippen molar-refractivity contribution in [2.24, 2.45) is 0 Å². The van der Waals surface area contributed by atoms with E-state index in [0.717, 1.165) is 6.07 Å². The number of benzene rings is 1. The van der Waals surface area contributed by atoms with Crippen LogP contribution < -0.4 is 5.32 Å². The van der Waals surface area contributed by atoms with Gasteiger partial charge >= 0.3 is 0 Å². The fraction of sp³-hybridized carbons (Fsp3) is 0.0909. The van der Waals surface area contributed by atoms with Crippen LogP contribution in [0.25, 0.3) is 0 Å². The van der Waals surface area contributed by atoms with E-state index in [9.17, 15) is 18.0 Å². The first-order chi connectivity index (χ1) is 8.49. The van der Waals surface area contributed by atoms with Gasteiger partial charge in [-0.25, -0.2) is 13.2 Å². The summed E-state index contributed by atoms with van der Waals surface area (Å²) in [6, 6.07) is 2.95. The first kappa shape index (κ1) is 12.2. The average molecular weight is 256 g/mol. The summed E-state index contributed by atoms with van der Waals surface area (Å²) in [4.78, 5) is 11.6. The van der Waals surface area contributed by atoms with E-state index in [2.05, 4.69) is 15.0 Å². The molecule has 18 heavy (non-hydrogen) atoms. The van der Waals surface area contributed by atoms with E-state index in [1.54, 1.807) is 6.92 Å². The molecule has 7 heteroatoms. The molecule has 1 N–H and O–H groups in total. The quantitative estimate of drug-likeness (QED) is 0.840. The molecule has 94 valence electrons. The molecule has 1 aromatic carbocycles. The van der Waals surface area contributed by atoms with E-state index >= 15 is 0 Å². The van der Waals surface area contributed by atoms with Gasteiger partial charge in [0.15, 0.2) is 23.1 Å². The van der Waals surface area contributed by atoms with Crippen LogP contribution in [0.1, 0.15) is 16.2 Å². The number of aromatic nitrogens is 1.